The molecule has 0 aliphatic heterocycles. The first-order valence-corrected chi connectivity index (χ1v) is 5.26. The van der Waals surface area contributed by atoms with E-state index in [1.54, 1.807) is 0 Å². The molecule has 19 heavy (non-hydrogen) atoms. The van der Waals surface area contributed by atoms with E-state index in [1.807, 2.05) is 0 Å². The predicted molar refractivity (Wildman–Crippen MR) is 54.5 cm³/mol. The number of carbonyl (C=O) groups is 1. The largest absolute Gasteiger partial charge is 0.466 e. The van der Waals surface area contributed by atoms with Crippen LogP contribution in [0.2, 0.25) is 0 Å². The van der Waals surface area contributed by atoms with E-state index in [0.717, 1.165) is 12.1 Å². The van der Waals surface area contributed by atoms with Gasteiger partial charge in [0.2, 0.25) is 0 Å². The van der Waals surface area contributed by atoms with E-state index >= 15 is 0 Å². The van der Waals surface area contributed by atoms with E-state index in [2.05, 4.69) is 9.72 Å². The third-order valence-electron chi connectivity index (χ3n) is 2.13. The van der Waals surface area contributed by atoms with Crippen LogP contribution in [0, 0.1) is 0 Å². The molecule has 0 saturated heterocycles. The van der Waals surface area contributed by atoms with Gasteiger partial charge in [-0.1, -0.05) is 6.07 Å². The van der Waals surface area contributed by atoms with Crippen LogP contribution in [0.15, 0.2) is 12.1 Å². The number of hydrogen-bond donors (Lipinski definition) is 0. The molecule has 1 rings (SSSR count). The molecule has 1 heterocycles. The molecule has 0 atom stereocenters. The van der Waals surface area contributed by atoms with Crippen molar-refractivity contribution in [3.8, 4) is 0 Å². The van der Waals surface area contributed by atoms with Crippen LogP contribution in [-0.4, -0.2) is 17.6 Å². The molecule has 0 aromatic carbocycles. The summed E-state index contributed by atoms with van der Waals surface area (Å²) in [4.78, 5) is 14.0. The van der Waals surface area contributed by atoms with Crippen molar-refractivity contribution in [1.82, 2.24) is 4.98 Å². The number of ether oxygens (including phenoxy) is 1. The maximum Gasteiger partial charge on any atom is 0.433 e. The third kappa shape index (κ3) is 4.15. The molecule has 3 nitrogen and oxygen atoms in total. The minimum atomic E-state index is -4.91. The number of hydrogen-bond acceptors (Lipinski definition) is 3. The minimum absolute atomic E-state index is 0.0166. The standard InChI is InChI=1S/C11H10F5NO2/c1-2-19-8(18)5-6-3-4-7(10(12)13)17-9(6)11(14,15)16/h3-4,10H,2,5H2,1H3. The van der Waals surface area contributed by atoms with Gasteiger partial charge in [0.1, 0.15) is 11.4 Å². The fraction of sp³-hybridized carbons (Fsp3) is 0.455. The molecule has 0 aliphatic rings. The summed E-state index contributed by atoms with van der Waals surface area (Å²) in [6, 6.07) is 1.57. The first-order valence-electron chi connectivity index (χ1n) is 5.26. The van der Waals surface area contributed by atoms with E-state index in [1.165, 1.54) is 6.92 Å². The Morgan fingerprint density at radius 1 is 1.37 bits per heavy atom. The van der Waals surface area contributed by atoms with E-state index in [4.69, 9.17) is 0 Å². The molecular formula is C11H10F5NO2. The molecule has 0 N–H and O–H groups in total. The second-order valence-electron chi connectivity index (χ2n) is 3.52. The van der Waals surface area contributed by atoms with Crippen LogP contribution in [0.3, 0.4) is 0 Å². The number of alkyl halides is 5. The van der Waals surface area contributed by atoms with Crippen LogP contribution in [0.25, 0.3) is 0 Å². The average molecular weight is 283 g/mol. The number of pyridine rings is 1. The van der Waals surface area contributed by atoms with Crippen LogP contribution >= 0.6 is 0 Å². The number of esters is 1. The molecular weight excluding hydrogens is 273 g/mol. The van der Waals surface area contributed by atoms with Crippen LogP contribution in [0.1, 0.15) is 30.3 Å². The lowest BCUT2D eigenvalue weighted by Gasteiger charge is -2.12. The SMILES string of the molecule is CCOC(=O)Cc1ccc(C(F)F)nc1C(F)(F)F. The summed E-state index contributed by atoms with van der Waals surface area (Å²) in [7, 11) is 0. The van der Waals surface area contributed by atoms with Crippen LogP contribution in [-0.2, 0) is 22.1 Å². The van der Waals surface area contributed by atoms with Gasteiger partial charge in [-0.3, -0.25) is 4.79 Å². The first-order chi connectivity index (χ1) is 8.75. The van der Waals surface area contributed by atoms with Gasteiger partial charge in [-0.15, -0.1) is 0 Å². The van der Waals surface area contributed by atoms with Crippen molar-refractivity contribution in [2.24, 2.45) is 0 Å². The molecule has 0 radical (unpaired) electrons. The molecule has 1 aromatic heterocycles. The van der Waals surface area contributed by atoms with Crippen molar-refractivity contribution in [2.45, 2.75) is 25.9 Å². The van der Waals surface area contributed by atoms with E-state index in [-0.39, 0.29) is 6.61 Å². The zero-order chi connectivity index (χ0) is 14.6. The van der Waals surface area contributed by atoms with Gasteiger partial charge < -0.3 is 4.74 Å². The Morgan fingerprint density at radius 3 is 2.47 bits per heavy atom. The summed E-state index contributed by atoms with van der Waals surface area (Å²) >= 11 is 0. The molecule has 8 heteroatoms. The minimum Gasteiger partial charge on any atom is -0.466 e. The summed E-state index contributed by atoms with van der Waals surface area (Å²) < 4.78 is 67.2. The number of aromatic nitrogens is 1. The zero-order valence-electron chi connectivity index (χ0n) is 9.80. The van der Waals surface area contributed by atoms with Gasteiger partial charge >= 0.3 is 12.1 Å². The first kappa shape index (κ1) is 15.3. The highest BCUT2D eigenvalue weighted by Gasteiger charge is 2.36. The van der Waals surface area contributed by atoms with Crippen molar-refractivity contribution < 1.29 is 31.5 Å². The van der Waals surface area contributed by atoms with E-state index in [9.17, 15) is 26.7 Å². The normalized spacial score (nSPS) is 11.7. The molecule has 106 valence electrons. The van der Waals surface area contributed by atoms with E-state index in [0.29, 0.717) is 0 Å². The summed E-state index contributed by atoms with van der Waals surface area (Å²) in [5.74, 6) is -0.875. The van der Waals surface area contributed by atoms with Gasteiger partial charge in [-0.05, 0) is 18.6 Å². The monoisotopic (exact) mass is 283 g/mol. The Morgan fingerprint density at radius 2 is 2.00 bits per heavy atom. The van der Waals surface area contributed by atoms with Crippen molar-refractivity contribution in [1.29, 1.82) is 0 Å². The smallest absolute Gasteiger partial charge is 0.433 e. The lowest BCUT2D eigenvalue weighted by molar-refractivity contribution is -0.144. The Kier molecular flexibility index (Phi) is 4.79. The zero-order valence-corrected chi connectivity index (χ0v) is 9.80. The number of nitrogens with zero attached hydrogens (tertiary/aromatic N) is 1. The highest BCUT2D eigenvalue weighted by molar-refractivity contribution is 5.72. The summed E-state index contributed by atoms with van der Waals surface area (Å²) in [6.07, 6.45) is -8.69. The Hall–Kier alpha value is -1.73. The van der Waals surface area contributed by atoms with Crippen LogP contribution in [0.4, 0.5) is 22.0 Å². The van der Waals surface area contributed by atoms with Crippen LogP contribution in [0.5, 0.6) is 0 Å². The summed E-state index contributed by atoms with van der Waals surface area (Å²) in [5, 5.41) is 0. The van der Waals surface area contributed by atoms with Crippen LogP contribution < -0.4 is 0 Å². The summed E-state index contributed by atoms with van der Waals surface area (Å²) in [5.41, 5.74) is -2.96. The molecule has 0 spiro atoms. The van der Waals surface area contributed by atoms with Gasteiger partial charge in [0.15, 0.2) is 0 Å². The van der Waals surface area contributed by atoms with Gasteiger partial charge in [0.05, 0.1) is 13.0 Å². The highest BCUT2D eigenvalue weighted by Crippen LogP contribution is 2.32. The fourth-order valence-corrected chi connectivity index (χ4v) is 1.38. The second-order valence-corrected chi connectivity index (χ2v) is 3.52. The lowest BCUT2D eigenvalue weighted by Crippen LogP contribution is -2.17. The lowest BCUT2D eigenvalue weighted by atomic mass is 10.1. The van der Waals surface area contributed by atoms with Crippen molar-refractivity contribution >= 4 is 5.97 Å². The topological polar surface area (TPSA) is 39.2 Å². The average Bonchev–Trinajstić information content (AvgIpc) is 2.27. The fourth-order valence-electron chi connectivity index (χ4n) is 1.38. The number of rotatable bonds is 4. The third-order valence-corrected chi connectivity index (χ3v) is 2.13. The quantitative estimate of drug-likeness (QED) is 0.629. The van der Waals surface area contributed by atoms with Gasteiger partial charge in [0.25, 0.3) is 6.43 Å². The Labute approximate surface area is 105 Å². The van der Waals surface area contributed by atoms with Gasteiger partial charge in [-0.2, -0.15) is 13.2 Å². The molecule has 0 amide bonds. The maximum absolute atomic E-state index is 12.7. The molecule has 0 bridgehead atoms. The Bertz CT molecular complexity index is 459. The molecule has 1 aromatic rings. The second kappa shape index (κ2) is 5.94. The van der Waals surface area contributed by atoms with Gasteiger partial charge in [-0.25, -0.2) is 13.8 Å². The maximum atomic E-state index is 12.7. The van der Waals surface area contributed by atoms with Crippen molar-refractivity contribution in [3.63, 3.8) is 0 Å². The van der Waals surface area contributed by atoms with Crippen molar-refractivity contribution in [2.75, 3.05) is 6.61 Å². The molecule has 0 saturated carbocycles. The number of carbonyl (C=O) groups excluding carboxylic acids is 1. The van der Waals surface area contributed by atoms with Gasteiger partial charge in [0, 0.05) is 0 Å². The van der Waals surface area contributed by atoms with E-state index < -0.39 is 41.9 Å². The predicted octanol–water partition coefficient (Wildman–Crippen LogP) is 3.14. The number of halogens is 5. The Balaban J connectivity index is 3.13. The molecule has 0 unspecified atom stereocenters. The molecule has 0 aliphatic carbocycles. The molecule has 0 fully saturated rings. The van der Waals surface area contributed by atoms with Crippen molar-refractivity contribution in [3.05, 3.63) is 29.1 Å². The highest BCUT2D eigenvalue weighted by atomic mass is 19.4. The summed E-state index contributed by atoms with van der Waals surface area (Å²) in [6.45, 7) is 1.52.